The van der Waals surface area contributed by atoms with Gasteiger partial charge in [-0.2, -0.15) is 5.10 Å². The molecule has 0 unspecified atom stereocenters. The largest absolute Gasteiger partial charge is 0.388 e. The van der Waals surface area contributed by atoms with Crippen molar-refractivity contribution in [1.29, 1.82) is 0 Å². The highest BCUT2D eigenvalue weighted by molar-refractivity contribution is 7.15. The fourth-order valence-corrected chi connectivity index (χ4v) is 3.14. The first-order valence-electron chi connectivity index (χ1n) is 6.79. The molecule has 2 heterocycles. The number of Topliss-reactive ketones (excluding diaryl/α,β-unsaturated/α-hetero) is 1. The summed E-state index contributed by atoms with van der Waals surface area (Å²) in [5, 5.41) is 13.9. The normalized spacial score (nSPS) is 11.0. The number of thiazole rings is 1. The highest BCUT2D eigenvalue weighted by Crippen LogP contribution is 2.30. The molecule has 2 aromatic rings. The van der Waals surface area contributed by atoms with E-state index in [4.69, 9.17) is 9.84 Å². The van der Waals surface area contributed by atoms with Crippen LogP contribution in [-0.4, -0.2) is 45.5 Å². The maximum Gasteiger partial charge on any atom is 0.206 e. The van der Waals surface area contributed by atoms with Crippen molar-refractivity contribution in [3.05, 3.63) is 22.5 Å². The van der Waals surface area contributed by atoms with E-state index in [9.17, 15) is 4.79 Å². The maximum atomic E-state index is 11.8. The quantitative estimate of drug-likeness (QED) is 0.621. The molecule has 0 radical (unpaired) electrons. The van der Waals surface area contributed by atoms with Crippen LogP contribution in [0.1, 0.15) is 28.0 Å². The third-order valence-corrected chi connectivity index (χ3v) is 4.40. The van der Waals surface area contributed by atoms with E-state index in [1.54, 1.807) is 24.6 Å². The van der Waals surface area contributed by atoms with E-state index in [1.807, 2.05) is 13.8 Å². The molecule has 0 aliphatic heterocycles. The topological polar surface area (TPSA) is 77.2 Å². The molecule has 0 aliphatic rings. The zero-order chi connectivity index (χ0) is 15.4. The molecular weight excluding hydrogens is 290 g/mol. The van der Waals surface area contributed by atoms with Crippen LogP contribution in [0.3, 0.4) is 0 Å². The second-order valence-corrected chi connectivity index (χ2v) is 5.67. The second kappa shape index (κ2) is 6.93. The molecule has 0 saturated carbocycles. The lowest BCUT2D eigenvalue weighted by atomic mass is 10.2. The minimum Gasteiger partial charge on any atom is -0.388 e. The number of hydrogen-bond acceptors (Lipinski definition) is 6. The van der Waals surface area contributed by atoms with Crippen molar-refractivity contribution in [2.45, 2.75) is 20.3 Å². The Bertz CT molecular complexity index is 633. The number of aliphatic hydroxyl groups excluding tert-OH is 1. The highest BCUT2D eigenvalue weighted by atomic mass is 32.1. The van der Waals surface area contributed by atoms with Gasteiger partial charge in [-0.1, -0.05) is 0 Å². The van der Waals surface area contributed by atoms with Crippen molar-refractivity contribution in [1.82, 2.24) is 14.8 Å². The SMILES string of the molecule is CCOCCc1sc(-c2cnn(C)c2C(=O)CO)nc1C. The van der Waals surface area contributed by atoms with E-state index >= 15 is 0 Å². The lowest BCUT2D eigenvalue weighted by molar-refractivity contribution is 0.0895. The molecule has 0 amide bonds. The number of ether oxygens (including phenoxy) is 1. The van der Waals surface area contributed by atoms with Crippen molar-refractivity contribution in [3.8, 4) is 10.6 Å². The number of carbonyl (C=O) groups is 1. The summed E-state index contributed by atoms with van der Waals surface area (Å²) in [5.74, 6) is -0.353. The van der Waals surface area contributed by atoms with Crippen LogP contribution in [0.15, 0.2) is 6.20 Å². The van der Waals surface area contributed by atoms with E-state index in [0.717, 1.165) is 22.0 Å². The fraction of sp³-hybridized carbons (Fsp3) is 0.500. The third kappa shape index (κ3) is 3.37. The Morgan fingerprint density at radius 1 is 1.52 bits per heavy atom. The molecule has 0 bridgehead atoms. The molecule has 0 aromatic carbocycles. The number of ketones is 1. The van der Waals surface area contributed by atoms with Crippen molar-refractivity contribution >= 4 is 17.1 Å². The molecular formula is C14H19N3O3S. The first kappa shape index (κ1) is 15.8. The summed E-state index contributed by atoms with van der Waals surface area (Å²) in [6, 6.07) is 0. The van der Waals surface area contributed by atoms with E-state index in [1.165, 1.54) is 4.68 Å². The molecule has 6 nitrogen and oxygen atoms in total. The van der Waals surface area contributed by atoms with Crippen LogP contribution < -0.4 is 0 Å². The Kier molecular flexibility index (Phi) is 5.22. The van der Waals surface area contributed by atoms with Gasteiger partial charge in [-0.25, -0.2) is 4.98 Å². The molecule has 21 heavy (non-hydrogen) atoms. The summed E-state index contributed by atoms with van der Waals surface area (Å²) < 4.78 is 6.84. The van der Waals surface area contributed by atoms with Crippen molar-refractivity contribution < 1.29 is 14.6 Å². The average molecular weight is 309 g/mol. The minimum absolute atomic E-state index is 0.353. The Hall–Kier alpha value is -1.57. The van der Waals surface area contributed by atoms with Gasteiger partial charge in [0, 0.05) is 25.0 Å². The molecule has 0 fully saturated rings. The second-order valence-electron chi connectivity index (χ2n) is 4.59. The van der Waals surface area contributed by atoms with Gasteiger partial charge in [0.25, 0.3) is 0 Å². The van der Waals surface area contributed by atoms with Gasteiger partial charge < -0.3 is 9.84 Å². The molecule has 114 valence electrons. The van der Waals surface area contributed by atoms with Gasteiger partial charge in [0.05, 0.1) is 24.1 Å². The Morgan fingerprint density at radius 2 is 2.29 bits per heavy atom. The van der Waals surface area contributed by atoms with Crippen LogP contribution in [0, 0.1) is 6.92 Å². The predicted molar refractivity (Wildman–Crippen MR) is 80.7 cm³/mol. The predicted octanol–water partition coefficient (Wildman–Crippen LogP) is 1.61. The fourth-order valence-electron chi connectivity index (χ4n) is 2.08. The number of aliphatic hydroxyl groups is 1. The van der Waals surface area contributed by atoms with Gasteiger partial charge >= 0.3 is 0 Å². The van der Waals surface area contributed by atoms with E-state index in [2.05, 4.69) is 10.1 Å². The van der Waals surface area contributed by atoms with Crippen LogP contribution in [0.25, 0.3) is 10.6 Å². The lowest BCUT2D eigenvalue weighted by Crippen LogP contribution is -2.11. The summed E-state index contributed by atoms with van der Waals surface area (Å²) in [6.45, 7) is 4.74. The van der Waals surface area contributed by atoms with Crippen molar-refractivity contribution in [2.24, 2.45) is 7.05 Å². The number of rotatable bonds is 7. The number of aromatic nitrogens is 3. The standard InChI is InChI=1S/C14H19N3O3S/c1-4-20-6-5-12-9(2)16-14(21-12)10-7-15-17(3)13(10)11(19)8-18/h7,18H,4-6,8H2,1-3H3. The minimum atomic E-state index is -0.534. The van der Waals surface area contributed by atoms with E-state index in [-0.39, 0.29) is 5.78 Å². The molecule has 7 heteroatoms. The first-order valence-corrected chi connectivity index (χ1v) is 7.60. The monoisotopic (exact) mass is 309 g/mol. The molecule has 0 spiro atoms. The van der Waals surface area contributed by atoms with E-state index in [0.29, 0.717) is 24.5 Å². The van der Waals surface area contributed by atoms with Gasteiger partial charge in [0.1, 0.15) is 17.3 Å². The Balaban J connectivity index is 2.31. The first-order chi connectivity index (χ1) is 10.1. The third-order valence-electron chi connectivity index (χ3n) is 3.15. The summed E-state index contributed by atoms with van der Waals surface area (Å²) in [4.78, 5) is 17.5. The lowest BCUT2D eigenvalue weighted by Gasteiger charge is -2.00. The Morgan fingerprint density at radius 3 is 2.95 bits per heavy atom. The number of hydrogen-bond donors (Lipinski definition) is 1. The molecule has 2 aromatic heterocycles. The van der Waals surface area contributed by atoms with Gasteiger partial charge in [0.2, 0.25) is 5.78 Å². The van der Waals surface area contributed by atoms with Crippen LogP contribution >= 0.6 is 11.3 Å². The molecule has 0 aliphatic carbocycles. The van der Waals surface area contributed by atoms with Crippen LogP contribution in [0.4, 0.5) is 0 Å². The summed E-state index contributed by atoms with van der Waals surface area (Å²) in [7, 11) is 1.68. The number of carbonyl (C=O) groups excluding carboxylic acids is 1. The number of aryl methyl sites for hydroxylation is 2. The summed E-state index contributed by atoms with van der Waals surface area (Å²) in [6.07, 6.45) is 2.42. The zero-order valence-electron chi connectivity index (χ0n) is 12.4. The van der Waals surface area contributed by atoms with Crippen LogP contribution in [0.2, 0.25) is 0 Å². The van der Waals surface area contributed by atoms with Gasteiger partial charge in [-0.15, -0.1) is 11.3 Å². The van der Waals surface area contributed by atoms with Crippen molar-refractivity contribution in [3.63, 3.8) is 0 Å². The molecule has 2 rings (SSSR count). The highest BCUT2D eigenvalue weighted by Gasteiger charge is 2.20. The molecule has 0 atom stereocenters. The smallest absolute Gasteiger partial charge is 0.206 e. The van der Waals surface area contributed by atoms with Gasteiger partial charge in [0.15, 0.2) is 0 Å². The molecule has 0 saturated heterocycles. The average Bonchev–Trinajstić information content (AvgIpc) is 3.02. The number of nitrogens with zero attached hydrogens (tertiary/aromatic N) is 3. The van der Waals surface area contributed by atoms with Crippen LogP contribution in [0.5, 0.6) is 0 Å². The summed E-state index contributed by atoms with van der Waals surface area (Å²) >= 11 is 1.54. The summed E-state index contributed by atoms with van der Waals surface area (Å²) in [5.41, 5.74) is 2.01. The van der Waals surface area contributed by atoms with Gasteiger partial charge in [-0.05, 0) is 13.8 Å². The van der Waals surface area contributed by atoms with Gasteiger partial charge in [-0.3, -0.25) is 9.48 Å². The van der Waals surface area contributed by atoms with E-state index < -0.39 is 6.61 Å². The Labute approximate surface area is 127 Å². The van der Waals surface area contributed by atoms with Crippen LogP contribution in [-0.2, 0) is 18.2 Å². The van der Waals surface area contributed by atoms with Crippen molar-refractivity contribution in [2.75, 3.05) is 19.8 Å². The zero-order valence-corrected chi connectivity index (χ0v) is 13.2. The maximum absolute atomic E-state index is 11.8. The molecule has 1 N–H and O–H groups in total.